The number of anilines is 1. The van der Waals surface area contributed by atoms with Gasteiger partial charge in [-0.1, -0.05) is 30.3 Å². The molecule has 0 saturated heterocycles. The Morgan fingerprint density at radius 3 is 2.44 bits per heavy atom. The van der Waals surface area contributed by atoms with E-state index in [4.69, 9.17) is 18.9 Å². The Kier molecular flexibility index (Phi) is 7.92. The summed E-state index contributed by atoms with van der Waals surface area (Å²) in [6.07, 6.45) is 0.407. The highest BCUT2D eigenvalue weighted by Gasteiger charge is 2.18. The highest BCUT2D eigenvalue weighted by atomic mass is 32.2. The Morgan fingerprint density at radius 2 is 1.72 bits per heavy atom. The molecule has 0 radical (unpaired) electrons. The van der Waals surface area contributed by atoms with Gasteiger partial charge in [-0.05, 0) is 24.3 Å². The molecule has 0 aliphatic rings. The molecule has 3 aromatic rings. The SMILES string of the molecule is COc1ccccc1Oc1c(N=S(=O)=O)ncnc1OCCOC(=O)Nc1ccccc1. The average Bonchev–Trinajstić information content (AvgIpc) is 2.79. The normalized spacial score (nSPS) is 10.0. The van der Waals surface area contributed by atoms with Crippen molar-refractivity contribution in [1.82, 2.24) is 9.97 Å². The standard InChI is InChI=1S/C20H18N4O7S/c1-28-15-9-5-6-10-16(15)31-17-18(24-32(26)27)21-13-22-19(17)29-11-12-30-20(25)23-14-7-3-2-4-8-14/h2-10,13H,11-12H2,1H3,(H,23,25). The zero-order valence-electron chi connectivity index (χ0n) is 16.8. The third-order valence-corrected chi connectivity index (χ3v) is 4.09. The third kappa shape index (κ3) is 6.40. The largest absolute Gasteiger partial charge is 0.493 e. The number of methoxy groups -OCH3 is 1. The van der Waals surface area contributed by atoms with Gasteiger partial charge in [-0.15, -0.1) is 4.36 Å². The summed E-state index contributed by atoms with van der Waals surface area (Å²) in [5.74, 6) is 0.146. The second-order valence-electron chi connectivity index (χ2n) is 5.87. The number of para-hydroxylation sites is 3. The first kappa shape index (κ1) is 22.5. The molecule has 1 heterocycles. The van der Waals surface area contributed by atoms with Crippen LogP contribution in [0.3, 0.4) is 0 Å². The number of amides is 1. The lowest BCUT2D eigenvalue weighted by Gasteiger charge is -2.14. The minimum atomic E-state index is -2.79. The summed E-state index contributed by atoms with van der Waals surface area (Å²) in [4.78, 5) is 19.6. The average molecular weight is 458 g/mol. The molecule has 0 atom stereocenters. The van der Waals surface area contributed by atoms with Crippen molar-refractivity contribution in [2.45, 2.75) is 0 Å². The van der Waals surface area contributed by atoms with Crippen LogP contribution in [0.5, 0.6) is 23.1 Å². The molecule has 1 aromatic heterocycles. The molecule has 0 aliphatic carbocycles. The van der Waals surface area contributed by atoms with Crippen LogP contribution in [0.1, 0.15) is 0 Å². The van der Waals surface area contributed by atoms with Gasteiger partial charge in [0.15, 0.2) is 11.5 Å². The van der Waals surface area contributed by atoms with E-state index in [1.807, 2.05) is 6.07 Å². The van der Waals surface area contributed by atoms with Gasteiger partial charge in [0, 0.05) is 5.69 Å². The van der Waals surface area contributed by atoms with Crippen LogP contribution < -0.4 is 19.5 Å². The second kappa shape index (κ2) is 11.3. The highest BCUT2D eigenvalue weighted by molar-refractivity contribution is 7.61. The Labute approximate surface area is 184 Å². The van der Waals surface area contributed by atoms with E-state index in [2.05, 4.69) is 19.6 Å². The van der Waals surface area contributed by atoms with Crippen molar-refractivity contribution < 1.29 is 32.2 Å². The maximum Gasteiger partial charge on any atom is 0.411 e. The summed E-state index contributed by atoms with van der Waals surface area (Å²) in [6, 6.07) is 15.5. The summed E-state index contributed by atoms with van der Waals surface area (Å²) in [5, 5.41) is 2.56. The number of benzene rings is 2. The summed E-state index contributed by atoms with van der Waals surface area (Å²) < 4.78 is 47.1. The topological polar surface area (TPSA) is 138 Å². The molecule has 11 nitrogen and oxygen atoms in total. The zero-order chi connectivity index (χ0) is 22.8. The van der Waals surface area contributed by atoms with E-state index < -0.39 is 16.6 Å². The van der Waals surface area contributed by atoms with Gasteiger partial charge in [-0.3, -0.25) is 5.32 Å². The van der Waals surface area contributed by atoms with Gasteiger partial charge in [0.1, 0.15) is 19.5 Å². The molecule has 0 fully saturated rings. The van der Waals surface area contributed by atoms with Crippen molar-refractivity contribution in [2.75, 3.05) is 25.6 Å². The number of nitrogens with zero attached hydrogens (tertiary/aromatic N) is 3. The number of carbonyl (C=O) groups is 1. The van der Waals surface area contributed by atoms with Gasteiger partial charge in [-0.25, -0.2) is 9.78 Å². The first-order valence-electron chi connectivity index (χ1n) is 9.15. The quantitative estimate of drug-likeness (QED) is 0.476. The van der Waals surface area contributed by atoms with Gasteiger partial charge < -0.3 is 18.9 Å². The molecule has 166 valence electrons. The van der Waals surface area contributed by atoms with E-state index in [0.29, 0.717) is 11.4 Å². The number of carbonyl (C=O) groups excluding carboxylic acids is 1. The first-order chi connectivity index (χ1) is 15.6. The number of hydrogen-bond donors (Lipinski definition) is 1. The monoisotopic (exact) mass is 458 g/mol. The predicted molar refractivity (Wildman–Crippen MR) is 113 cm³/mol. The first-order valence-corrected chi connectivity index (χ1v) is 10.2. The van der Waals surface area contributed by atoms with Crippen LogP contribution in [0.2, 0.25) is 0 Å². The fourth-order valence-electron chi connectivity index (χ4n) is 2.44. The van der Waals surface area contributed by atoms with Crippen LogP contribution in [-0.4, -0.2) is 44.8 Å². The van der Waals surface area contributed by atoms with E-state index in [9.17, 15) is 13.2 Å². The molecular formula is C20H18N4O7S. The fourth-order valence-corrected chi connectivity index (χ4v) is 2.71. The van der Waals surface area contributed by atoms with Crippen LogP contribution in [-0.2, 0) is 15.2 Å². The molecule has 32 heavy (non-hydrogen) atoms. The number of ether oxygens (including phenoxy) is 4. The van der Waals surface area contributed by atoms with Gasteiger partial charge in [0.2, 0.25) is 11.6 Å². The van der Waals surface area contributed by atoms with Crippen molar-refractivity contribution in [1.29, 1.82) is 0 Å². The molecule has 2 aromatic carbocycles. The van der Waals surface area contributed by atoms with Crippen LogP contribution in [0.4, 0.5) is 16.3 Å². The van der Waals surface area contributed by atoms with Gasteiger partial charge in [0.25, 0.3) is 5.88 Å². The molecule has 0 saturated carbocycles. The van der Waals surface area contributed by atoms with Crippen molar-refractivity contribution in [3.63, 3.8) is 0 Å². The summed E-state index contributed by atoms with van der Waals surface area (Å²) >= 11 is 0. The minimum absolute atomic E-state index is 0.0952. The van der Waals surface area contributed by atoms with Gasteiger partial charge in [-0.2, -0.15) is 13.4 Å². The van der Waals surface area contributed by atoms with E-state index in [1.54, 1.807) is 48.5 Å². The summed E-state index contributed by atoms with van der Waals surface area (Å²) in [6.45, 7) is -0.210. The molecule has 0 bridgehead atoms. The Hall–Kier alpha value is -4.19. The lowest BCUT2D eigenvalue weighted by atomic mass is 10.3. The van der Waals surface area contributed by atoms with Crippen LogP contribution in [0, 0.1) is 0 Å². The molecule has 0 unspecified atom stereocenters. The van der Waals surface area contributed by atoms with E-state index >= 15 is 0 Å². The van der Waals surface area contributed by atoms with Crippen LogP contribution >= 0.6 is 0 Å². The fraction of sp³-hybridized carbons (Fsp3) is 0.150. The van der Waals surface area contributed by atoms with Crippen LogP contribution in [0.25, 0.3) is 0 Å². The van der Waals surface area contributed by atoms with Gasteiger partial charge in [0.05, 0.1) is 7.11 Å². The maximum atomic E-state index is 11.8. The van der Waals surface area contributed by atoms with E-state index in [1.165, 1.54) is 7.11 Å². The molecule has 3 rings (SSSR count). The maximum absolute atomic E-state index is 11.8. The van der Waals surface area contributed by atoms with Gasteiger partial charge >= 0.3 is 16.6 Å². The lowest BCUT2D eigenvalue weighted by molar-refractivity contribution is 0.135. The Balaban J connectivity index is 1.70. The van der Waals surface area contributed by atoms with Crippen molar-refractivity contribution in [3.05, 3.63) is 60.9 Å². The van der Waals surface area contributed by atoms with Crippen molar-refractivity contribution in [3.8, 4) is 23.1 Å². The Bertz CT molecular complexity index is 1200. The minimum Gasteiger partial charge on any atom is -0.493 e. The number of nitrogens with one attached hydrogen (secondary N) is 1. The zero-order valence-corrected chi connectivity index (χ0v) is 17.6. The molecule has 1 N–H and O–H groups in total. The summed E-state index contributed by atoms with van der Waals surface area (Å²) in [7, 11) is -1.34. The summed E-state index contributed by atoms with van der Waals surface area (Å²) in [5.41, 5.74) is 0.582. The van der Waals surface area contributed by atoms with Crippen LogP contribution in [0.15, 0.2) is 65.3 Å². The van der Waals surface area contributed by atoms with E-state index in [0.717, 1.165) is 6.33 Å². The second-order valence-corrected chi connectivity index (χ2v) is 6.49. The van der Waals surface area contributed by atoms with E-state index in [-0.39, 0.29) is 36.4 Å². The molecule has 0 aliphatic heterocycles. The predicted octanol–water partition coefficient (Wildman–Crippen LogP) is 3.60. The molecule has 0 spiro atoms. The lowest BCUT2D eigenvalue weighted by Crippen LogP contribution is -2.18. The Morgan fingerprint density at radius 1 is 1.00 bits per heavy atom. The number of rotatable bonds is 9. The van der Waals surface area contributed by atoms with Crippen molar-refractivity contribution in [2.24, 2.45) is 4.36 Å². The molecule has 12 heteroatoms. The number of hydrogen-bond acceptors (Lipinski definition) is 10. The smallest absolute Gasteiger partial charge is 0.411 e. The number of aromatic nitrogens is 2. The van der Waals surface area contributed by atoms with Crippen molar-refractivity contribution >= 4 is 28.1 Å². The highest BCUT2D eigenvalue weighted by Crippen LogP contribution is 2.40. The molecular weight excluding hydrogens is 440 g/mol. The molecule has 1 amide bonds. The third-order valence-electron chi connectivity index (χ3n) is 3.77.